The van der Waals surface area contributed by atoms with E-state index < -0.39 is 0 Å². The van der Waals surface area contributed by atoms with Crippen molar-refractivity contribution in [3.8, 4) is 0 Å². The Morgan fingerprint density at radius 1 is 1.09 bits per heavy atom. The Morgan fingerprint density at radius 2 is 1.73 bits per heavy atom. The number of hydrogen-bond donors (Lipinski definition) is 0. The highest BCUT2D eigenvalue weighted by atomic mass is 29.5. The molecule has 1 aromatic rings. The van der Waals surface area contributed by atoms with Crippen molar-refractivity contribution in [2.24, 2.45) is 0 Å². The second-order valence-corrected chi connectivity index (χ2v) is 9.19. The Balaban J connectivity index is 2.52. The molecular formula is C8H10Si3. The summed E-state index contributed by atoms with van der Waals surface area (Å²) in [6.07, 6.45) is 0. The second-order valence-electron chi connectivity index (χ2n) is 2.37. The van der Waals surface area contributed by atoms with Crippen molar-refractivity contribution in [1.29, 1.82) is 0 Å². The van der Waals surface area contributed by atoms with Crippen LogP contribution in [0.15, 0.2) is 24.3 Å². The Hall–Kier alpha value is -0.129. The van der Waals surface area contributed by atoms with Gasteiger partial charge in [0.05, 0.1) is 9.04 Å². The van der Waals surface area contributed by atoms with Crippen LogP contribution in [0.25, 0.3) is 0 Å². The Morgan fingerprint density at radius 3 is 2.27 bits per heavy atom. The minimum Gasteiger partial charge on any atom is -0.0761 e. The quantitative estimate of drug-likeness (QED) is 0.613. The van der Waals surface area contributed by atoms with Crippen molar-refractivity contribution < 1.29 is 0 Å². The molecule has 3 heteroatoms. The third-order valence-electron chi connectivity index (χ3n) is 1.38. The molecule has 0 aromatic heterocycles. The predicted octanol–water partition coefficient (Wildman–Crippen LogP) is 0.611. The van der Waals surface area contributed by atoms with E-state index in [0.29, 0.717) is 0 Å². The molecule has 0 N–H and O–H groups in total. The van der Waals surface area contributed by atoms with Gasteiger partial charge in [-0.25, -0.2) is 0 Å². The van der Waals surface area contributed by atoms with Crippen molar-refractivity contribution in [2.75, 3.05) is 0 Å². The summed E-state index contributed by atoms with van der Waals surface area (Å²) in [4.78, 5) is 0. The van der Waals surface area contributed by atoms with Crippen molar-refractivity contribution in [3.63, 3.8) is 0 Å². The van der Waals surface area contributed by atoms with Gasteiger partial charge in [-0.1, -0.05) is 41.6 Å². The van der Waals surface area contributed by atoms with Gasteiger partial charge < -0.3 is 0 Å². The first-order chi connectivity index (χ1) is 5.33. The molecule has 0 unspecified atom stereocenters. The maximum absolute atomic E-state index is 2.28. The Bertz CT molecular complexity index is 205. The van der Waals surface area contributed by atoms with Crippen molar-refractivity contribution in [2.45, 2.75) is 13.5 Å². The normalized spacial score (nSPS) is 10.0. The lowest BCUT2D eigenvalue weighted by Gasteiger charge is -1.97. The van der Waals surface area contributed by atoms with E-state index in [0.717, 1.165) is 26.6 Å². The molecule has 0 bridgehead atoms. The van der Waals surface area contributed by atoms with E-state index in [-0.39, 0.29) is 0 Å². The molecule has 0 nitrogen and oxygen atoms in total. The lowest BCUT2D eigenvalue weighted by molar-refractivity contribution is 1.49. The van der Waals surface area contributed by atoms with Crippen LogP contribution in [-0.2, 0) is 0 Å². The van der Waals surface area contributed by atoms with E-state index in [1.807, 2.05) is 0 Å². The fraction of sp³-hybridized carbons (Fsp3) is 0.250. The van der Waals surface area contributed by atoms with E-state index in [4.69, 9.17) is 0 Å². The molecule has 6 radical (unpaired) electrons. The van der Waals surface area contributed by atoms with Gasteiger partial charge in [0, 0.05) is 17.6 Å². The smallest absolute Gasteiger partial charge is 0.0607 e. The monoisotopic (exact) mass is 190 g/mol. The molecule has 1 rings (SSSR count). The van der Waals surface area contributed by atoms with Gasteiger partial charge >= 0.3 is 0 Å². The molecule has 0 amide bonds. The topological polar surface area (TPSA) is 0 Å². The van der Waals surface area contributed by atoms with E-state index in [9.17, 15) is 0 Å². The van der Waals surface area contributed by atoms with E-state index in [2.05, 4.69) is 37.7 Å². The zero-order valence-electron chi connectivity index (χ0n) is 6.81. The first kappa shape index (κ1) is 8.96. The van der Waals surface area contributed by atoms with Crippen molar-refractivity contribution in [1.82, 2.24) is 0 Å². The van der Waals surface area contributed by atoms with Gasteiger partial charge in [-0.05, 0) is 6.92 Å². The summed E-state index contributed by atoms with van der Waals surface area (Å²) in [7, 11) is 3.31. The van der Waals surface area contributed by atoms with Crippen LogP contribution in [0.4, 0.5) is 0 Å². The molecule has 0 heterocycles. The highest BCUT2D eigenvalue weighted by Gasteiger charge is 1.92. The third-order valence-corrected chi connectivity index (χ3v) is 7.75. The van der Waals surface area contributed by atoms with Crippen LogP contribution in [-0.4, -0.2) is 26.6 Å². The van der Waals surface area contributed by atoms with Gasteiger partial charge in [0.25, 0.3) is 0 Å². The number of rotatable bonds is 3. The van der Waals surface area contributed by atoms with Crippen LogP contribution >= 0.6 is 0 Å². The first-order valence-electron chi connectivity index (χ1n) is 3.57. The zero-order chi connectivity index (χ0) is 8.10. The molecule has 0 spiro atoms. The molecule has 0 saturated carbocycles. The average molecular weight is 190 g/mol. The van der Waals surface area contributed by atoms with Crippen LogP contribution in [0.1, 0.15) is 5.56 Å². The fourth-order valence-electron chi connectivity index (χ4n) is 0.772. The summed E-state index contributed by atoms with van der Waals surface area (Å²) >= 11 is 0. The summed E-state index contributed by atoms with van der Waals surface area (Å²) in [6, 6.07) is 8.90. The molecular weight excluding hydrogens is 180 g/mol. The maximum atomic E-state index is 2.28. The molecule has 0 atom stereocenters. The molecule has 0 fully saturated rings. The Kier molecular flexibility index (Phi) is 3.82. The molecule has 11 heavy (non-hydrogen) atoms. The van der Waals surface area contributed by atoms with Crippen LogP contribution in [0.2, 0.25) is 6.55 Å². The number of hydrogen-bond acceptors (Lipinski definition) is 0. The highest BCUT2D eigenvalue weighted by molar-refractivity contribution is 7.32. The lowest BCUT2D eigenvalue weighted by atomic mass is 10.2. The minimum absolute atomic E-state index is 1.04. The molecule has 0 aliphatic carbocycles. The van der Waals surface area contributed by atoms with Gasteiger partial charge in [-0.15, -0.1) is 0 Å². The molecule has 0 aliphatic rings. The van der Waals surface area contributed by atoms with E-state index in [1.54, 1.807) is 0 Å². The van der Waals surface area contributed by atoms with Crippen molar-refractivity contribution in [3.05, 3.63) is 29.8 Å². The summed E-state index contributed by atoms with van der Waals surface area (Å²) in [5, 5.41) is 1.52. The third kappa shape index (κ3) is 3.18. The SMILES string of the molecule is C[Si][Si][Si]c1ccc(C)cc1. The fourth-order valence-corrected chi connectivity index (χ4v) is 5.11. The van der Waals surface area contributed by atoms with Crippen LogP contribution in [0.3, 0.4) is 0 Å². The minimum atomic E-state index is 1.04. The van der Waals surface area contributed by atoms with Gasteiger partial charge in [0.2, 0.25) is 0 Å². The van der Waals surface area contributed by atoms with Gasteiger partial charge in [-0.3, -0.25) is 0 Å². The Labute approximate surface area is 75.5 Å². The summed E-state index contributed by atoms with van der Waals surface area (Å²) in [5.74, 6) is 0. The van der Waals surface area contributed by atoms with Crippen LogP contribution < -0.4 is 5.19 Å². The van der Waals surface area contributed by atoms with Gasteiger partial charge in [0.15, 0.2) is 0 Å². The van der Waals surface area contributed by atoms with Gasteiger partial charge in [0.1, 0.15) is 0 Å². The average Bonchev–Trinajstić information content (AvgIpc) is 2.04. The largest absolute Gasteiger partial charge is 0.0761 e. The second kappa shape index (κ2) is 4.69. The molecule has 54 valence electrons. The standard InChI is InChI=1S/C8H10Si3/c1-7-3-5-8(6-4-7)10-11-9-2/h3-6H,1-2H3. The molecule has 0 aliphatic heterocycles. The van der Waals surface area contributed by atoms with Gasteiger partial charge in [-0.2, -0.15) is 0 Å². The lowest BCUT2D eigenvalue weighted by Crippen LogP contribution is -2.23. The zero-order valence-corrected chi connectivity index (χ0v) is 9.81. The molecule has 1 aromatic carbocycles. The maximum Gasteiger partial charge on any atom is 0.0607 e. The van der Waals surface area contributed by atoms with Crippen LogP contribution in [0.5, 0.6) is 0 Å². The summed E-state index contributed by atoms with van der Waals surface area (Å²) in [6.45, 7) is 4.41. The number of benzene rings is 1. The summed E-state index contributed by atoms with van der Waals surface area (Å²) < 4.78 is 0. The number of aryl methyl sites for hydroxylation is 1. The predicted molar refractivity (Wildman–Crippen MR) is 53.9 cm³/mol. The highest BCUT2D eigenvalue weighted by Crippen LogP contribution is 1.91. The van der Waals surface area contributed by atoms with Crippen LogP contribution in [0, 0.1) is 6.92 Å². The molecule has 0 saturated heterocycles. The van der Waals surface area contributed by atoms with E-state index in [1.165, 1.54) is 10.8 Å². The summed E-state index contributed by atoms with van der Waals surface area (Å²) in [5.41, 5.74) is 1.36. The first-order valence-corrected chi connectivity index (χ1v) is 9.07. The van der Waals surface area contributed by atoms with E-state index >= 15 is 0 Å². The van der Waals surface area contributed by atoms with Crippen molar-refractivity contribution >= 4 is 31.8 Å².